The summed E-state index contributed by atoms with van der Waals surface area (Å²) in [5.41, 5.74) is 3.11. The maximum absolute atomic E-state index is 13.0. The fourth-order valence-corrected chi connectivity index (χ4v) is 4.56. The number of fused-ring (bicyclic) bond motifs is 1. The Morgan fingerprint density at radius 1 is 1.14 bits per heavy atom. The van der Waals surface area contributed by atoms with E-state index in [1.54, 1.807) is 6.20 Å². The quantitative estimate of drug-likeness (QED) is 0.746. The van der Waals surface area contributed by atoms with E-state index in [1.807, 2.05) is 32.2 Å². The molecule has 148 valence electrons. The monoisotopic (exact) mass is 378 g/mol. The van der Waals surface area contributed by atoms with E-state index in [4.69, 9.17) is 9.97 Å². The summed E-state index contributed by atoms with van der Waals surface area (Å²) in [5, 5.41) is 0. The third-order valence-electron chi connectivity index (χ3n) is 6.40. The van der Waals surface area contributed by atoms with E-state index in [1.165, 1.54) is 37.7 Å². The van der Waals surface area contributed by atoms with Gasteiger partial charge in [0.05, 0.1) is 6.04 Å². The summed E-state index contributed by atoms with van der Waals surface area (Å²) in [7, 11) is 2.01. The largest absolute Gasteiger partial charge is 0.350 e. The number of ketones is 1. The highest BCUT2D eigenvalue weighted by Gasteiger charge is 2.28. The van der Waals surface area contributed by atoms with Gasteiger partial charge in [0.25, 0.3) is 0 Å². The van der Waals surface area contributed by atoms with Crippen molar-refractivity contribution in [2.45, 2.75) is 70.8 Å². The zero-order valence-electron chi connectivity index (χ0n) is 17.0. The van der Waals surface area contributed by atoms with Crippen LogP contribution in [0.15, 0.2) is 24.4 Å². The Kier molecular flexibility index (Phi) is 5.69. The van der Waals surface area contributed by atoms with Gasteiger partial charge < -0.3 is 4.90 Å². The van der Waals surface area contributed by atoms with Gasteiger partial charge >= 0.3 is 0 Å². The number of hydrogen-bond donors (Lipinski definition) is 0. The van der Waals surface area contributed by atoms with E-state index in [9.17, 15) is 4.79 Å². The van der Waals surface area contributed by atoms with Gasteiger partial charge in [0.15, 0.2) is 11.6 Å². The maximum atomic E-state index is 13.0. The average Bonchev–Trinajstić information content (AvgIpc) is 3.22. The van der Waals surface area contributed by atoms with Crippen molar-refractivity contribution < 1.29 is 4.79 Å². The summed E-state index contributed by atoms with van der Waals surface area (Å²) in [4.78, 5) is 29.1. The lowest BCUT2D eigenvalue weighted by Crippen LogP contribution is -2.38. The number of pyridine rings is 1. The van der Waals surface area contributed by atoms with Crippen LogP contribution in [-0.2, 0) is 17.6 Å². The standard InChI is InChI=1S/C23H30N4O/c1-16(21(28)15-17-9-4-3-5-10-17)27(2)23-18-11-8-13-19(18)25-22(26-23)20-12-6-7-14-24-20/h6-7,12,14,16-17H,3-5,8-11,13,15H2,1-2H3. The fourth-order valence-electron chi connectivity index (χ4n) is 4.56. The predicted molar refractivity (Wildman–Crippen MR) is 111 cm³/mol. The fraction of sp³-hybridized carbons (Fsp3) is 0.565. The zero-order valence-corrected chi connectivity index (χ0v) is 17.0. The van der Waals surface area contributed by atoms with Gasteiger partial charge in [-0.15, -0.1) is 0 Å². The van der Waals surface area contributed by atoms with Crippen molar-refractivity contribution in [1.29, 1.82) is 0 Å². The molecule has 5 nitrogen and oxygen atoms in total. The molecule has 1 atom stereocenters. The molecule has 1 saturated carbocycles. The van der Waals surface area contributed by atoms with Crippen molar-refractivity contribution >= 4 is 11.6 Å². The Labute approximate surface area is 167 Å². The summed E-state index contributed by atoms with van der Waals surface area (Å²) in [5.74, 6) is 2.47. The highest BCUT2D eigenvalue weighted by molar-refractivity contribution is 5.87. The molecule has 1 fully saturated rings. The third-order valence-corrected chi connectivity index (χ3v) is 6.40. The van der Waals surface area contributed by atoms with E-state index >= 15 is 0 Å². The van der Waals surface area contributed by atoms with Crippen LogP contribution in [0.4, 0.5) is 5.82 Å². The molecule has 2 aromatic heterocycles. The maximum Gasteiger partial charge on any atom is 0.180 e. The summed E-state index contributed by atoms with van der Waals surface area (Å²) < 4.78 is 0. The number of anilines is 1. The molecule has 0 saturated heterocycles. The lowest BCUT2D eigenvalue weighted by atomic mass is 9.85. The summed E-state index contributed by atoms with van der Waals surface area (Å²) >= 11 is 0. The van der Waals surface area contributed by atoms with Crippen LogP contribution in [0.3, 0.4) is 0 Å². The minimum absolute atomic E-state index is 0.168. The minimum Gasteiger partial charge on any atom is -0.350 e. The number of rotatable bonds is 6. The molecule has 2 aliphatic carbocycles. The number of carbonyl (C=O) groups excluding carboxylic acids is 1. The summed E-state index contributed by atoms with van der Waals surface area (Å²) in [6.45, 7) is 2.02. The van der Waals surface area contributed by atoms with Crippen LogP contribution in [0.2, 0.25) is 0 Å². The van der Waals surface area contributed by atoms with Gasteiger partial charge in [-0.3, -0.25) is 9.78 Å². The molecule has 2 aromatic rings. The second kappa shape index (κ2) is 8.38. The summed E-state index contributed by atoms with van der Waals surface area (Å²) in [6.07, 6.45) is 11.8. The Morgan fingerprint density at radius 3 is 2.71 bits per heavy atom. The molecule has 4 rings (SSSR count). The number of likely N-dealkylation sites (N-methyl/N-ethyl adjacent to an activating group) is 1. The van der Waals surface area contributed by atoms with Crippen molar-refractivity contribution in [1.82, 2.24) is 15.0 Å². The molecule has 5 heteroatoms. The molecule has 2 aliphatic rings. The van der Waals surface area contributed by atoms with E-state index in [0.29, 0.717) is 23.9 Å². The molecule has 0 spiro atoms. The number of hydrogen-bond acceptors (Lipinski definition) is 5. The molecular formula is C23H30N4O. The van der Waals surface area contributed by atoms with Gasteiger partial charge in [-0.1, -0.05) is 38.2 Å². The second-order valence-electron chi connectivity index (χ2n) is 8.33. The van der Waals surface area contributed by atoms with Crippen molar-refractivity contribution in [3.05, 3.63) is 35.7 Å². The lowest BCUT2D eigenvalue weighted by Gasteiger charge is -2.29. The predicted octanol–water partition coefficient (Wildman–Crippen LogP) is 4.39. The number of Topliss-reactive ketones (excluding diaryl/α,β-unsaturated/α-hetero) is 1. The molecule has 0 radical (unpaired) electrons. The van der Waals surface area contributed by atoms with E-state index in [-0.39, 0.29) is 6.04 Å². The first-order chi connectivity index (χ1) is 13.6. The summed E-state index contributed by atoms with van der Waals surface area (Å²) in [6, 6.07) is 5.63. The van der Waals surface area contributed by atoms with Crippen LogP contribution in [0.25, 0.3) is 11.5 Å². The van der Waals surface area contributed by atoms with Crippen LogP contribution in [0, 0.1) is 5.92 Å². The number of aryl methyl sites for hydroxylation is 1. The van der Waals surface area contributed by atoms with E-state index in [2.05, 4.69) is 9.88 Å². The van der Waals surface area contributed by atoms with Crippen molar-refractivity contribution in [2.24, 2.45) is 5.92 Å². The van der Waals surface area contributed by atoms with E-state index < -0.39 is 0 Å². The molecular weight excluding hydrogens is 348 g/mol. The third kappa shape index (κ3) is 3.94. The molecule has 0 N–H and O–H groups in total. The van der Waals surface area contributed by atoms with Gasteiger partial charge in [0, 0.05) is 30.9 Å². The Balaban J connectivity index is 1.58. The van der Waals surface area contributed by atoms with Gasteiger partial charge in [-0.05, 0) is 44.2 Å². The minimum atomic E-state index is -0.168. The van der Waals surface area contributed by atoms with Gasteiger partial charge in [-0.25, -0.2) is 9.97 Å². The smallest absolute Gasteiger partial charge is 0.180 e. The van der Waals surface area contributed by atoms with Crippen molar-refractivity contribution in [3.8, 4) is 11.5 Å². The lowest BCUT2D eigenvalue weighted by molar-refractivity contribution is -0.121. The first kappa shape index (κ1) is 19.0. The molecule has 28 heavy (non-hydrogen) atoms. The molecule has 0 aliphatic heterocycles. The Morgan fingerprint density at radius 2 is 1.96 bits per heavy atom. The molecule has 0 amide bonds. The van der Waals surface area contributed by atoms with Crippen LogP contribution < -0.4 is 4.90 Å². The van der Waals surface area contributed by atoms with Crippen LogP contribution >= 0.6 is 0 Å². The molecule has 0 aromatic carbocycles. The first-order valence-corrected chi connectivity index (χ1v) is 10.7. The van der Waals surface area contributed by atoms with Gasteiger partial charge in [0.1, 0.15) is 11.5 Å². The topological polar surface area (TPSA) is 59.0 Å². The average molecular weight is 379 g/mol. The van der Waals surface area contributed by atoms with Gasteiger partial charge in [0.2, 0.25) is 0 Å². The normalized spacial score (nSPS) is 17.9. The second-order valence-corrected chi connectivity index (χ2v) is 8.33. The van der Waals surface area contributed by atoms with E-state index in [0.717, 1.165) is 36.5 Å². The molecule has 0 bridgehead atoms. The highest BCUT2D eigenvalue weighted by atomic mass is 16.1. The first-order valence-electron chi connectivity index (χ1n) is 10.7. The van der Waals surface area contributed by atoms with Gasteiger partial charge in [-0.2, -0.15) is 0 Å². The molecule has 1 unspecified atom stereocenters. The number of nitrogens with zero attached hydrogens (tertiary/aromatic N) is 4. The highest BCUT2D eigenvalue weighted by Crippen LogP contribution is 2.32. The number of aromatic nitrogens is 3. The number of carbonyl (C=O) groups is 1. The Bertz CT molecular complexity index is 830. The molecule has 2 heterocycles. The zero-order chi connectivity index (χ0) is 19.5. The Hall–Kier alpha value is -2.30. The SMILES string of the molecule is CC(C(=O)CC1CCCCC1)N(C)c1nc(-c2ccccn2)nc2c1CCC2. The van der Waals surface area contributed by atoms with Crippen LogP contribution in [-0.4, -0.2) is 33.8 Å². The van der Waals surface area contributed by atoms with Crippen LogP contribution in [0.1, 0.15) is 63.1 Å². The van der Waals surface area contributed by atoms with Crippen LogP contribution in [0.5, 0.6) is 0 Å². The van der Waals surface area contributed by atoms with Crippen molar-refractivity contribution in [3.63, 3.8) is 0 Å². The van der Waals surface area contributed by atoms with Crippen molar-refractivity contribution in [2.75, 3.05) is 11.9 Å².